The highest BCUT2D eigenvalue weighted by molar-refractivity contribution is 5.98. The van der Waals surface area contributed by atoms with Crippen molar-refractivity contribution in [1.82, 2.24) is 14.9 Å². The summed E-state index contributed by atoms with van der Waals surface area (Å²) < 4.78 is 7.48. The van der Waals surface area contributed by atoms with E-state index in [9.17, 15) is 4.79 Å². The van der Waals surface area contributed by atoms with Crippen LogP contribution in [0.2, 0.25) is 0 Å². The average molecular weight is 418 g/mol. The predicted molar refractivity (Wildman–Crippen MR) is 122 cm³/mol. The molecule has 0 fully saturated rings. The molecule has 4 rings (SSSR count). The number of nitrogens with one attached hydrogen (secondary N) is 1. The summed E-state index contributed by atoms with van der Waals surface area (Å²) in [4.78, 5) is 18.9. The van der Waals surface area contributed by atoms with Gasteiger partial charge in [0.05, 0.1) is 30.5 Å². The highest BCUT2D eigenvalue weighted by Crippen LogP contribution is 2.27. The first-order valence-corrected chi connectivity index (χ1v) is 10.2. The topological polar surface area (TPSA) is 85.4 Å². The maximum absolute atomic E-state index is 12.9. The minimum atomic E-state index is -0.342. The Morgan fingerprint density at radius 2 is 2.06 bits per heavy atom. The van der Waals surface area contributed by atoms with Crippen LogP contribution in [0.15, 0.2) is 61.2 Å². The van der Waals surface area contributed by atoms with E-state index in [1.807, 2.05) is 61.1 Å². The molecule has 1 unspecified atom stereocenters. The standard InChI is InChI=1S/C24H27N5O2/c1-16-14-29(15-27-16)22-11-9-18(12-23(22)31-3)19(25)13-26-20-10-8-17-6-4-5-7-21(17)28(2)24(20)30/h4-7,9,11-15,20,26H,8,10,25H2,1-3H3/b19-13-. The van der Waals surface area contributed by atoms with E-state index < -0.39 is 0 Å². The van der Waals surface area contributed by atoms with Crippen LogP contribution in [0.3, 0.4) is 0 Å². The Hall–Kier alpha value is -3.74. The van der Waals surface area contributed by atoms with E-state index in [0.717, 1.165) is 29.1 Å². The van der Waals surface area contributed by atoms with Crippen molar-refractivity contribution in [3.05, 3.63) is 78.0 Å². The van der Waals surface area contributed by atoms with Gasteiger partial charge in [-0.3, -0.25) is 4.79 Å². The third-order valence-corrected chi connectivity index (χ3v) is 5.63. The first kappa shape index (κ1) is 20.5. The molecule has 1 aliphatic rings. The number of hydrogen-bond acceptors (Lipinski definition) is 5. The quantitative estimate of drug-likeness (QED) is 0.667. The lowest BCUT2D eigenvalue weighted by Crippen LogP contribution is -2.42. The number of imidazole rings is 1. The smallest absolute Gasteiger partial charge is 0.249 e. The lowest BCUT2D eigenvalue weighted by atomic mass is 10.1. The third-order valence-electron chi connectivity index (χ3n) is 5.63. The molecule has 2 heterocycles. The first-order valence-electron chi connectivity index (χ1n) is 10.2. The van der Waals surface area contributed by atoms with Gasteiger partial charge in [0.2, 0.25) is 5.91 Å². The fraction of sp³-hybridized carbons (Fsp3) is 0.250. The SMILES string of the molecule is COc1cc(/C(N)=C/NC2CCc3ccccc3N(C)C2=O)ccc1-n1cnc(C)c1. The number of para-hydroxylation sites is 1. The zero-order valence-corrected chi connectivity index (χ0v) is 18.0. The monoisotopic (exact) mass is 417 g/mol. The molecule has 2 aromatic carbocycles. The molecule has 0 saturated carbocycles. The number of nitrogens with zero attached hydrogens (tertiary/aromatic N) is 3. The van der Waals surface area contributed by atoms with Gasteiger partial charge in [-0.25, -0.2) is 4.98 Å². The molecule has 1 aromatic heterocycles. The second-order valence-corrected chi connectivity index (χ2v) is 7.69. The van der Waals surface area contributed by atoms with Gasteiger partial charge in [-0.2, -0.15) is 0 Å². The fourth-order valence-corrected chi connectivity index (χ4v) is 3.88. The van der Waals surface area contributed by atoms with Gasteiger partial charge in [0.15, 0.2) is 0 Å². The van der Waals surface area contributed by atoms with Gasteiger partial charge in [-0.05, 0) is 43.5 Å². The number of amides is 1. The number of rotatable bonds is 5. The molecule has 3 N–H and O–H groups in total. The Labute approximate surface area is 182 Å². The van der Waals surface area contributed by atoms with Gasteiger partial charge >= 0.3 is 0 Å². The average Bonchev–Trinajstić information content (AvgIpc) is 3.19. The molecule has 1 atom stereocenters. The van der Waals surface area contributed by atoms with E-state index in [2.05, 4.69) is 16.4 Å². The molecule has 1 amide bonds. The van der Waals surface area contributed by atoms with Gasteiger partial charge < -0.3 is 25.3 Å². The Balaban J connectivity index is 1.53. The molecule has 7 nitrogen and oxygen atoms in total. The van der Waals surface area contributed by atoms with E-state index in [-0.39, 0.29) is 11.9 Å². The van der Waals surface area contributed by atoms with Crippen molar-refractivity contribution in [3.8, 4) is 11.4 Å². The number of methoxy groups -OCH3 is 1. The Bertz CT molecular complexity index is 1130. The number of hydrogen-bond donors (Lipinski definition) is 2. The van der Waals surface area contributed by atoms with Crippen molar-refractivity contribution in [3.63, 3.8) is 0 Å². The molecule has 31 heavy (non-hydrogen) atoms. The largest absolute Gasteiger partial charge is 0.495 e. The maximum Gasteiger partial charge on any atom is 0.249 e. The molecular weight excluding hydrogens is 390 g/mol. The van der Waals surface area contributed by atoms with Crippen molar-refractivity contribution < 1.29 is 9.53 Å². The number of likely N-dealkylation sites (N-methyl/N-ethyl adjacent to an activating group) is 1. The van der Waals surface area contributed by atoms with Crippen LogP contribution in [-0.2, 0) is 11.2 Å². The summed E-state index contributed by atoms with van der Waals surface area (Å²) in [6.07, 6.45) is 6.92. The normalized spacial score (nSPS) is 16.6. The first-order chi connectivity index (χ1) is 15.0. The summed E-state index contributed by atoms with van der Waals surface area (Å²) >= 11 is 0. The second kappa shape index (κ2) is 8.55. The molecule has 7 heteroatoms. The van der Waals surface area contributed by atoms with Crippen molar-refractivity contribution in [2.24, 2.45) is 5.73 Å². The van der Waals surface area contributed by atoms with Crippen molar-refractivity contribution in [2.45, 2.75) is 25.8 Å². The van der Waals surface area contributed by atoms with Crippen molar-refractivity contribution in [2.75, 3.05) is 19.1 Å². The molecule has 0 saturated heterocycles. The van der Waals surface area contributed by atoms with Gasteiger partial charge in [0.25, 0.3) is 0 Å². The number of nitrogens with two attached hydrogens (primary N) is 1. The van der Waals surface area contributed by atoms with Crippen LogP contribution in [0.25, 0.3) is 11.4 Å². The lowest BCUT2D eigenvalue weighted by molar-refractivity contribution is -0.120. The van der Waals surface area contributed by atoms with E-state index in [1.54, 1.807) is 24.5 Å². The van der Waals surface area contributed by atoms with E-state index in [4.69, 9.17) is 10.5 Å². The minimum Gasteiger partial charge on any atom is -0.495 e. The predicted octanol–water partition coefficient (Wildman–Crippen LogP) is 3.01. The number of carbonyl (C=O) groups is 1. The molecule has 3 aromatic rings. The van der Waals surface area contributed by atoms with Crippen LogP contribution in [0.1, 0.15) is 23.2 Å². The molecule has 0 bridgehead atoms. The number of aromatic nitrogens is 2. The summed E-state index contributed by atoms with van der Waals surface area (Å²) in [5, 5.41) is 3.23. The third kappa shape index (κ3) is 4.12. The van der Waals surface area contributed by atoms with Crippen LogP contribution in [0.5, 0.6) is 5.75 Å². The van der Waals surface area contributed by atoms with Gasteiger partial charge in [0, 0.05) is 30.7 Å². The van der Waals surface area contributed by atoms with Gasteiger partial charge in [-0.1, -0.05) is 24.3 Å². The molecule has 160 valence electrons. The van der Waals surface area contributed by atoms with Crippen LogP contribution in [-0.4, -0.2) is 35.7 Å². The van der Waals surface area contributed by atoms with Gasteiger partial charge in [-0.15, -0.1) is 0 Å². The molecule has 1 aliphatic heterocycles. The maximum atomic E-state index is 12.9. The number of aryl methyl sites for hydroxylation is 2. The van der Waals surface area contributed by atoms with Crippen LogP contribution in [0, 0.1) is 6.92 Å². The van der Waals surface area contributed by atoms with Crippen molar-refractivity contribution >= 4 is 17.3 Å². The fourth-order valence-electron chi connectivity index (χ4n) is 3.88. The lowest BCUT2D eigenvalue weighted by Gasteiger charge is -2.21. The molecular formula is C24H27N5O2. The number of benzene rings is 2. The van der Waals surface area contributed by atoms with Gasteiger partial charge in [0.1, 0.15) is 11.8 Å². The minimum absolute atomic E-state index is 0.0254. The molecule has 0 radical (unpaired) electrons. The summed E-state index contributed by atoms with van der Waals surface area (Å²) in [6.45, 7) is 1.94. The molecule has 0 spiro atoms. The summed E-state index contributed by atoms with van der Waals surface area (Å²) in [5.41, 5.74) is 11.6. The summed E-state index contributed by atoms with van der Waals surface area (Å²) in [7, 11) is 3.44. The zero-order chi connectivity index (χ0) is 22.0. The second-order valence-electron chi connectivity index (χ2n) is 7.69. The highest BCUT2D eigenvalue weighted by atomic mass is 16.5. The number of carbonyl (C=O) groups excluding carboxylic acids is 1. The number of fused-ring (bicyclic) bond motifs is 1. The van der Waals surface area contributed by atoms with E-state index in [0.29, 0.717) is 17.9 Å². The Kier molecular flexibility index (Phi) is 5.66. The number of ether oxygens (including phenoxy) is 1. The Morgan fingerprint density at radius 3 is 2.81 bits per heavy atom. The van der Waals surface area contributed by atoms with Crippen molar-refractivity contribution in [1.29, 1.82) is 0 Å². The summed E-state index contributed by atoms with van der Waals surface area (Å²) in [6, 6.07) is 13.4. The van der Waals surface area contributed by atoms with Crippen LogP contribution >= 0.6 is 0 Å². The summed E-state index contributed by atoms with van der Waals surface area (Å²) in [5.74, 6) is 0.712. The number of anilines is 1. The highest BCUT2D eigenvalue weighted by Gasteiger charge is 2.27. The van der Waals surface area contributed by atoms with Crippen LogP contribution < -0.4 is 20.7 Å². The van der Waals surface area contributed by atoms with E-state index >= 15 is 0 Å². The Morgan fingerprint density at radius 1 is 1.26 bits per heavy atom. The van der Waals surface area contributed by atoms with Crippen LogP contribution in [0.4, 0.5) is 5.69 Å². The molecule has 0 aliphatic carbocycles. The zero-order valence-electron chi connectivity index (χ0n) is 18.0. The van der Waals surface area contributed by atoms with E-state index in [1.165, 1.54) is 5.56 Å².